The summed E-state index contributed by atoms with van der Waals surface area (Å²) in [6.07, 6.45) is 0.995. The number of rotatable bonds is 8. The lowest BCUT2D eigenvalue weighted by Gasteiger charge is -2.30. The Bertz CT molecular complexity index is 141. The topological polar surface area (TPSA) is 79.5 Å². The minimum Gasteiger partial charge on any atom is -0.394 e. The van der Waals surface area contributed by atoms with Crippen LogP contribution in [0, 0.1) is 0 Å². The molecule has 0 aromatic heterocycles. The molecule has 0 spiro atoms. The van der Waals surface area contributed by atoms with Crippen LogP contribution in [0.25, 0.3) is 0 Å². The third kappa shape index (κ3) is 6.27. The Labute approximate surface area is 95.4 Å². The fraction of sp³-hybridized carbons (Fsp3) is 1.00. The maximum absolute atomic E-state index is 5.97. The summed E-state index contributed by atoms with van der Waals surface area (Å²) in [4.78, 5) is 0. The molecule has 0 aromatic rings. The number of nitrogens with two attached hydrogens (primary N) is 1. The Morgan fingerprint density at radius 3 is 1.80 bits per heavy atom. The Morgan fingerprint density at radius 1 is 1.07 bits per heavy atom. The van der Waals surface area contributed by atoms with Gasteiger partial charge in [0.2, 0.25) is 0 Å². The van der Waals surface area contributed by atoms with E-state index in [2.05, 4.69) is 13.8 Å². The molecule has 0 radical (unpaired) electrons. The molecular weight excluding hydrogens is 208 g/mol. The molecule has 0 aliphatic heterocycles. The Balaban J connectivity index is 0. The maximum atomic E-state index is 5.97. The van der Waals surface area contributed by atoms with Gasteiger partial charge in [-0.1, -0.05) is 13.8 Å². The predicted octanol–water partition coefficient (Wildman–Crippen LogP) is 2.42. The van der Waals surface area contributed by atoms with Gasteiger partial charge in [-0.05, 0) is 26.3 Å². The molecule has 5 N–H and O–H groups in total. The molecule has 0 heterocycles. The molecule has 0 bridgehead atoms. The molecule has 0 rings (SSSR count). The predicted molar refractivity (Wildman–Crippen MR) is 67.6 cm³/mol. The molecule has 1 unspecified atom stereocenters. The van der Waals surface area contributed by atoms with Gasteiger partial charge in [0.15, 0.2) is 0 Å². The molecule has 0 saturated heterocycles. The minimum absolute atomic E-state index is 0. The average Bonchev–Trinajstić information content (AvgIpc) is 2.18. The van der Waals surface area contributed by atoms with Crippen LogP contribution in [0.4, 0.5) is 0 Å². The first-order chi connectivity index (χ1) is 6.64. The van der Waals surface area contributed by atoms with Crippen LogP contribution < -0.4 is 11.9 Å². The summed E-state index contributed by atoms with van der Waals surface area (Å²) < 4.78 is 11.7. The van der Waals surface area contributed by atoms with Crippen molar-refractivity contribution in [3.05, 3.63) is 0 Å². The van der Waals surface area contributed by atoms with E-state index in [0.717, 1.165) is 31.7 Å². The van der Waals surface area contributed by atoms with Crippen molar-refractivity contribution in [3.63, 3.8) is 0 Å². The molecular formula is C10H28N2O2Si. The van der Waals surface area contributed by atoms with E-state index < -0.39 is 8.56 Å². The molecule has 1 atom stereocenters. The molecule has 4 nitrogen and oxygen atoms in total. The van der Waals surface area contributed by atoms with E-state index in [4.69, 9.17) is 14.6 Å². The molecule has 15 heavy (non-hydrogen) atoms. The highest BCUT2D eigenvalue weighted by Crippen LogP contribution is 2.21. The summed E-state index contributed by atoms with van der Waals surface area (Å²) in [5.74, 6) is 0. The van der Waals surface area contributed by atoms with Gasteiger partial charge in [0.1, 0.15) is 0 Å². The van der Waals surface area contributed by atoms with Crippen molar-refractivity contribution in [1.82, 2.24) is 6.15 Å². The van der Waals surface area contributed by atoms with Gasteiger partial charge >= 0.3 is 8.56 Å². The lowest BCUT2D eigenvalue weighted by Crippen LogP contribution is -2.46. The lowest BCUT2D eigenvalue weighted by atomic mass is 10.3. The Hall–Kier alpha value is 0.0569. The molecule has 0 aliphatic rings. The molecule has 0 aliphatic carbocycles. The largest absolute Gasteiger partial charge is 0.394 e. The monoisotopic (exact) mass is 236 g/mol. The average molecular weight is 236 g/mol. The van der Waals surface area contributed by atoms with Gasteiger partial charge in [-0.25, -0.2) is 0 Å². The van der Waals surface area contributed by atoms with Crippen molar-refractivity contribution >= 4 is 8.56 Å². The molecule has 0 aromatic carbocycles. The first-order valence-electron chi connectivity index (χ1n) is 5.67. The van der Waals surface area contributed by atoms with E-state index in [1.807, 2.05) is 13.8 Å². The smallest absolute Gasteiger partial charge is 0.339 e. The highest BCUT2D eigenvalue weighted by atomic mass is 28.4. The van der Waals surface area contributed by atoms with Gasteiger partial charge in [0, 0.05) is 25.3 Å². The van der Waals surface area contributed by atoms with Crippen molar-refractivity contribution < 1.29 is 8.85 Å². The highest BCUT2D eigenvalue weighted by Gasteiger charge is 2.36. The third-order valence-electron chi connectivity index (χ3n) is 2.45. The fourth-order valence-corrected chi connectivity index (χ4v) is 4.73. The SMILES string of the molecule is CCO[Si](CC)(CC(N)CC)OCC.N. The zero-order valence-corrected chi connectivity index (χ0v) is 11.7. The summed E-state index contributed by atoms with van der Waals surface area (Å²) in [7, 11) is -1.98. The van der Waals surface area contributed by atoms with E-state index in [1.54, 1.807) is 0 Å². The number of hydrogen-bond donors (Lipinski definition) is 2. The van der Waals surface area contributed by atoms with Crippen LogP contribution in [0.3, 0.4) is 0 Å². The van der Waals surface area contributed by atoms with Gasteiger partial charge in [0.25, 0.3) is 0 Å². The van der Waals surface area contributed by atoms with Crippen molar-refractivity contribution in [2.75, 3.05) is 13.2 Å². The molecule has 0 saturated carbocycles. The van der Waals surface area contributed by atoms with Gasteiger partial charge < -0.3 is 20.7 Å². The van der Waals surface area contributed by atoms with Gasteiger partial charge in [-0.15, -0.1) is 0 Å². The fourth-order valence-electron chi connectivity index (χ4n) is 1.58. The second kappa shape index (κ2) is 9.29. The van der Waals surface area contributed by atoms with Crippen molar-refractivity contribution in [1.29, 1.82) is 0 Å². The van der Waals surface area contributed by atoms with Crippen LogP contribution in [0.2, 0.25) is 12.1 Å². The van der Waals surface area contributed by atoms with Crippen LogP contribution in [0.1, 0.15) is 34.1 Å². The van der Waals surface area contributed by atoms with E-state index in [0.29, 0.717) is 0 Å². The molecule has 0 amide bonds. The third-order valence-corrected chi connectivity index (χ3v) is 6.30. The van der Waals surface area contributed by atoms with Gasteiger partial charge in [0.05, 0.1) is 0 Å². The quantitative estimate of drug-likeness (QED) is 0.634. The lowest BCUT2D eigenvalue weighted by molar-refractivity contribution is 0.181. The normalized spacial score (nSPS) is 13.4. The molecule has 5 heteroatoms. The first kappa shape index (κ1) is 17.5. The van der Waals surface area contributed by atoms with Crippen LogP contribution in [-0.4, -0.2) is 27.8 Å². The summed E-state index contributed by atoms with van der Waals surface area (Å²) in [5.41, 5.74) is 5.97. The second-order valence-corrected chi connectivity index (χ2v) is 7.02. The maximum Gasteiger partial charge on any atom is 0.339 e. The van der Waals surface area contributed by atoms with Gasteiger partial charge in [-0.3, -0.25) is 0 Å². The zero-order chi connectivity index (χ0) is 11.0. The second-order valence-electron chi connectivity index (χ2n) is 3.50. The highest BCUT2D eigenvalue weighted by molar-refractivity contribution is 6.67. The first-order valence-corrected chi connectivity index (χ1v) is 7.90. The minimum atomic E-state index is -1.98. The summed E-state index contributed by atoms with van der Waals surface area (Å²) >= 11 is 0. The van der Waals surface area contributed by atoms with E-state index in [-0.39, 0.29) is 12.2 Å². The van der Waals surface area contributed by atoms with E-state index in [9.17, 15) is 0 Å². The Kier molecular flexibility index (Phi) is 10.8. The summed E-state index contributed by atoms with van der Waals surface area (Å²) in [6, 6.07) is 2.13. The number of hydrogen-bond acceptors (Lipinski definition) is 4. The Morgan fingerprint density at radius 2 is 1.53 bits per heavy atom. The molecule has 0 fully saturated rings. The van der Waals surface area contributed by atoms with Crippen LogP contribution in [0.5, 0.6) is 0 Å². The van der Waals surface area contributed by atoms with E-state index >= 15 is 0 Å². The van der Waals surface area contributed by atoms with Crippen LogP contribution in [-0.2, 0) is 8.85 Å². The molecule has 94 valence electrons. The standard InChI is InChI=1S/C10H25NO2Si.H3N/c1-5-10(11)9-14(8-4,12-6-2)13-7-3;/h10H,5-9,11H2,1-4H3;1H3. The summed E-state index contributed by atoms with van der Waals surface area (Å²) in [5, 5.41) is 0. The van der Waals surface area contributed by atoms with Crippen molar-refractivity contribution in [2.45, 2.75) is 52.2 Å². The van der Waals surface area contributed by atoms with Gasteiger partial charge in [-0.2, -0.15) is 0 Å². The zero-order valence-electron chi connectivity index (χ0n) is 10.7. The summed E-state index contributed by atoms with van der Waals surface area (Å²) in [6.45, 7) is 9.76. The van der Waals surface area contributed by atoms with Crippen molar-refractivity contribution in [3.8, 4) is 0 Å². The van der Waals surface area contributed by atoms with Crippen molar-refractivity contribution in [2.24, 2.45) is 5.73 Å². The van der Waals surface area contributed by atoms with Crippen LogP contribution >= 0.6 is 0 Å². The van der Waals surface area contributed by atoms with E-state index in [1.165, 1.54) is 0 Å². The van der Waals surface area contributed by atoms with Crippen LogP contribution in [0.15, 0.2) is 0 Å².